The van der Waals surface area contributed by atoms with Gasteiger partial charge in [0.25, 0.3) is 0 Å². The minimum atomic E-state index is -0.541. The summed E-state index contributed by atoms with van der Waals surface area (Å²) in [4.78, 5) is 4.71. The van der Waals surface area contributed by atoms with E-state index >= 15 is 0 Å². The van der Waals surface area contributed by atoms with Gasteiger partial charge in [0, 0.05) is 38.4 Å². The number of anilines is 1. The van der Waals surface area contributed by atoms with Crippen molar-refractivity contribution in [2.45, 2.75) is 13.0 Å². The lowest BCUT2D eigenvalue weighted by molar-refractivity contribution is 0.109. The highest BCUT2D eigenvalue weighted by Crippen LogP contribution is 2.30. The molecule has 3 rings (SSSR count). The molecule has 1 fully saturated rings. The normalized spacial score (nSPS) is 16.4. The highest BCUT2D eigenvalue weighted by atomic mass is 16.5. The zero-order valence-corrected chi connectivity index (χ0v) is 15.8. The Morgan fingerprint density at radius 3 is 2.19 bits per heavy atom. The number of methoxy groups -OCH3 is 2. The second-order valence-electron chi connectivity index (χ2n) is 6.75. The van der Waals surface area contributed by atoms with E-state index in [-0.39, 0.29) is 0 Å². The lowest BCUT2D eigenvalue weighted by atomic mass is 10.1. The van der Waals surface area contributed by atoms with E-state index in [1.807, 2.05) is 18.2 Å². The van der Waals surface area contributed by atoms with Crippen molar-refractivity contribution in [2.24, 2.45) is 0 Å². The molecule has 0 amide bonds. The fourth-order valence-electron chi connectivity index (χ4n) is 3.35. The number of nitrogens with zero attached hydrogens (tertiary/aromatic N) is 2. The SMILES string of the molecule is COc1ccc([C@@H](O)CN2CCN(c3ccc(C)cc3)CC2)cc1OC. The molecule has 1 atom stereocenters. The average molecular weight is 356 g/mol. The topological polar surface area (TPSA) is 45.2 Å². The minimum Gasteiger partial charge on any atom is -0.493 e. The third-order valence-electron chi connectivity index (χ3n) is 4.99. The summed E-state index contributed by atoms with van der Waals surface area (Å²) in [6, 6.07) is 14.3. The van der Waals surface area contributed by atoms with Crippen LogP contribution in [0.1, 0.15) is 17.2 Å². The number of rotatable bonds is 6. The van der Waals surface area contributed by atoms with Crippen LogP contribution >= 0.6 is 0 Å². The first-order valence-corrected chi connectivity index (χ1v) is 9.04. The maximum absolute atomic E-state index is 10.6. The van der Waals surface area contributed by atoms with Crippen LogP contribution in [-0.4, -0.2) is 56.9 Å². The second-order valence-corrected chi connectivity index (χ2v) is 6.75. The molecule has 1 saturated heterocycles. The van der Waals surface area contributed by atoms with Crippen molar-refractivity contribution in [1.29, 1.82) is 0 Å². The highest BCUT2D eigenvalue weighted by Gasteiger charge is 2.21. The van der Waals surface area contributed by atoms with Crippen LogP contribution in [0.4, 0.5) is 5.69 Å². The molecule has 140 valence electrons. The molecule has 0 spiro atoms. The molecule has 2 aromatic carbocycles. The van der Waals surface area contributed by atoms with Crippen LogP contribution in [0.15, 0.2) is 42.5 Å². The molecule has 2 aromatic rings. The fourth-order valence-corrected chi connectivity index (χ4v) is 3.35. The van der Waals surface area contributed by atoms with E-state index in [9.17, 15) is 5.11 Å². The summed E-state index contributed by atoms with van der Waals surface area (Å²) < 4.78 is 10.6. The Hall–Kier alpha value is -2.24. The molecule has 0 saturated carbocycles. The Kier molecular flexibility index (Phi) is 6.01. The molecule has 1 N–H and O–H groups in total. The van der Waals surface area contributed by atoms with Crippen molar-refractivity contribution in [2.75, 3.05) is 51.8 Å². The van der Waals surface area contributed by atoms with Crippen molar-refractivity contribution in [1.82, 2.24) is 4.90 Å². The molecule has 1 aliphatic heterocycles. The summed E-state index contributed by atoms with van der Waals surface area (Å²) in [5.74, 6) is 1.32. The molecule has 0 unspecified atom stereocenters. The first kappa shape index (κ1) is 18.5. The molecule has 1 aliphatic rings. The van der Waals surface area contributed by atoms with Gasteiger partial charge in [-0.3, -0.25) is 4.90 Å². The Labute approximate surface area is 155 Å². The van der Waals surface area contributed by atoms with Gasteiger partial charge in [-0.1, -0.05) is 23.8 Å². The Morgan fingerprint density at radius 1 is 0.923 bits per heavy atom. The molecule has 0 aliphatic carbocycles. The van der Waals surface area contributed by atoms with E-state index < -0.39 is 6.10 Å². The Bertz CT molecular complexity index is 710. The maximum Gasteiger partial charge on any atom is 0.161 e. The number of hydrogen-bond acceptors (Lipinski definition) is 5. The predicted molar refractivity (Wildman–Crippen MR) is 104 cm³/mol. The van der Waals surface area contributed by atoms with Crippen molar-refractivity contribution < 1.29 is 14.6 Å². The van der Waals surface area contributed by atoms with E-state index in [0.717, 1.165) is 31.7 Å². The first-order chi connectivity index (χ1) is 12.6. The number of hydrogen-bond donors (Lipinski definition) is 1. The zero-order valence-electron chi connectivity index (χ0n) is 15.8. The van der Waals surface area contributed by atoms with Crippen molar-refractivity contribution in [3.8, 4) is 11.5 Å². The molecule has 0 bridgehead atoms. The third kappa shape index (κ3) is 4.29. The molecule has 1 heterocycles. The van der Waals surface area contributed by atoms with E-state index in [4.69, 9.17) is 9.47 Å². The highest BCUT2D eigenvalue weighted by molar-refractivity contribution is 5.48. The molecule has 26 heavy (non-hydrogen) atoms. The molecule has 0 aromatic heterocycles. The summed E-state index contributed by atoms with van der Waals surface area (Å²) in [6.45, 7) is 6.56. The van der Waals surface area contributed by atoms with Gasteiger partial charge in [0.2, 0.25) is 0 Å². The van der Waals surface area contributed by atoms with Gasteiger partial charge in [-0.15, -0.1) is 0 Å². The summed E-state index contributed by atoms with van der Waals surface area (Å²) in [5.41, 5.74) is 3.41. The van der Waals surface area contributed by atoms with Gasteiger partial charge >= 0.3 is 0 Å². The smallest absolute Gasteiger partial charge is 0.161 e. The monoisotopic (exact) mass is 356 g/mol. The average Bonchev–Trinajstić information content (AvgIpc) is 2.68. The number of aliphatic hydroxyl groups is 1. The fraction of sp³-hybridized carbons (Fsp3) is 0.429. The molecular weight excluding hydrogens is 328 g/mol. The van der Waals surface area contributed by atoms with Crippen molar-refractivity contribution >= 4 is 5.69 Å². The van der Waals surface area contributed by atoms with Gasteiger partial charge < -0.3 is 19.5 Å². The number of piperazine rings is 1. The van der Waals surface area contributed by atoms with Gasteiger partial charge in [-0.25, -0.2) is 0 Å². The van der Waals surface area contributed by atoms with E-state index in [2.05, 4.69) is 41.0 Å². The molecule has 5 heteroatoms. The van der Waals surface area contributed by atoms with Crippen molar-refractivity contribution in [3.05, 3.63) is 53.6 Å². The summed E-state index contributed by atoms with van der Waals surface area (Å²) >= 11 is 0. The van der Waals surface area contributed by atoms with Crippen LogP contribution in [-0.2, 0) is 0 Å². The van der Waals surface area contributed by atoms with Crippen LogP contribution in [0.2, 0.25) is 0 Å². The number of aryl methyl sites for hydroxylation is 1. The van der Waals surface area contributed by atoms with Crippen LogP contribution in [0, 0.1) is 6.92 Å². The van der Waals surface area contributed by atoms with Crippen LogP contribution < -0.4 is 14.4 Å². The number of aliphatic hydroxyl groups excluding tert-OH is 1. The molecule has 5 nitrogen and oxygen atoms in total. The van der Waals surface area contributed by atoms with Gasteiger partial charge in [0.05, 0.1) is 20.3 Å². The van der Waals surface area contributed by atoms with Crippen LogP contribution in [0.25, 0.3) is 0 Å². The van der Waals surface area contributed by atoms with Crippen molar-refractivity contribution in [3.63, 3.8) is 0 Å². The van der Waals surface area contributed by atoms with Gasteiger partial charge in [0.1, 0.15) is 0 Å². The van der Waals surface area contributed by atoms with Gasteiger partial charge in [0.15, 0.2) is 11.5 Å². The number of benzene rings is 2. The van der Waals surface area contributed by atoms with E-state index in [1.54, 1.807) is 14.2 Å². The largest absolute Gasteiger partial charge is 0.493 e. The summed E-state index contributed by atoms with van der Waals surface area (Å²) in [7, 11) is 3.22. The predicted octanol–water partition coefficient (Wildman–Crippen LogP) is 2.87. The zero-order chi connectivity index (χ0) is 18.5. The quantitative estimate of drug-likeness (QED) is 0.862. The number of ether oxygens (including phenoxy) is 2. The number of β-amino-alcohol motifs (C(OH)–C–C–N with tert-alkyl or cyclic N) is 1. The van der Waals surface area contributed by atoms with E-state index in [1.165, 1.54) is 11.3 Å². The molecule has 0 radical (unpaired) electrons. The Morgan fingerprint density at radius 2 is 1.58 bits per heavy atom. The Balaban J connectivity index is 1.56. The van der Waals surface area contributed by atoms with Crippen LogP contribution in [0.5, 0.6) is 11.5 Å². The lowest BCUT2D eigenvalue weighted by Crippen LogP contribution is -2.47. The van der Waals surface area contributed by atoms with Gasteiger partial charge in [-0.05, 0) is 36.8 Å². The first-order valence-electron chi connectivity index (χ1n) is 9.04. The lowest BCUT2D eigenvalue weighted by Gasteiger charge is -2.37. The minimum absolute atomic E-state index is 0.541. The van der Waals surface area contributed by atoms with Crippen LogP contribution in [0.3, 0.4) is 0 Å². The summed E-state index contributed by atoms with van der Waals surface area (Å²) in [6.07, 6.45) is -0.541. The standard InChI is InChI=1S/C21H28N2O3/c1-16-4-7-18(8-5-16)23-12-10-22(11-13-23)15-19(24)17-6-9-20(25-2)21(14-17)26-3/h4-9,14,19,24H,10-13,15H2,1-3H3/t19-/m0/s1. The molecular formula is C21H28N2O3. The second kappa shape index (κ2) is 8.43. The van der Waals surface area contributed by atoms with Gasteiger partial charge in [-0.2, -0.15) is 0 Å². The summed E-state index contributed by atoms with van der Waals surface area (Å²) in [5, 5.41) is 10.6. The third-order valence-corrected chi connectivity index (χ3v) is 4.99. The maximum atomic E-state index is 10.6. The van der Waals surface area contributed by atoms with E-state index in [0.29, 0.717) is 18.0 Å².